The summed E-state index contributed by atoms with van der Waals surface area (Å²) in [5, 5.41) is 3.73. The van der Waals surface area contributed by atoms with E-state index >= 15 is 0 Å². The molecular formula is C9H12N2O. The zero-order chi connectivity index (χ0) is 8.65. The second-order valence-corrected chi connectivity index (χ2v) is 2.27. The molecule has 0 fully saturated rings. The predicted octanol–water partition coefficient (Wildman–Crippen LogP) is 1.40. The number of benzene rings is 1. The van der Waals surface area contributed by atoms with Crippen LogP contribution in [-0.4, -0.2) is 12.8 Å². The van der Waals surface area contributed by atoms with Crippen molar-refractivity contribution < 1.29 is 4.84 Å². The van der Waals surface area contributed by atoms with E-state index in [2.05, 4.69) is 5.16 Å². The van der Waals surface area contributed by atoms with Crippen LogP contribution in [0.3, 0.4) is 0 Å². The first-order valence-electron chi connectivity index (χ1n) is 3.87. The normalized spacial score (nSPS) is 10.4. The lowest BCUT2D eigenvalue weighted by Gasteiger charge is -1.95. The van der Waals surface area contributed by atoms with Crippen molar-refractivity contribution in [1.29, 1.82) is 0 Å². The number of nitrogens with two attached hydrogens (primary N) is 1. The highest BCUT2D eigenvalue weighted by Crippen LogP contribution is 2.07. The lowest BCUT2D eigenvalue weighted by Crippen LogP contribution is -1.98. The summed E-state index contributed by atoms with van der Waals surface area (Å²) in [6, 6.07) is 9.41. The van der Waals surface area contributed by atoms with Crippen LogP contribution in [0, 0.1) is 0 Å². The number of hydrogen-bond donors (Lipinski definition) is 1. The monoisotopic (exact) mass is 164 g/mol. The number of hydrogen-bond acceptors (Lipinski definition) is 3. The highest BCUT2D eigenvalue weighted by Gasteiger charge is 1.85. The third-order valence-electron chi connectivity index (χ3n) is 1.27. The second kappa shape index (κ2) is 5.32. The van der Waals surface area contributed by atoms with E-state index in [1.54, 1.807) is 6.21 Å². The van der Waals surface area contributed by atoms with Crippen LogP contribution in [0.25, 0.3) is 0 Å². The van der Waals surface area contributed by atoms with Gasteiger partial charge in [-0.15, -0.1) is 0 Å². The lowest BCUT2D eigenvalue weighted by molar-refractivity contribution is 0.342. The first-order chi connectivity index (χ1) is 5.93. The van der Waals surface area contributed by atoms with Crippen LogP contribution < -0.4 is 10.6 Å². The van der Waals surface area contributed by atoms with Crippen molar-refractivity contribution >= 4 is 6.21 Å². The largest absolute Gasteiger partial charge is 0.357 e. The van der Waals surface area contributed by atoms with E-state index in [0.29, 0.717) is 6.54 Å². The van der Waals surface area contributed by atoms with Crippen LogP contribution in [0.5, 0.6) is 5.75 Å². The first-order valence-corrected chi connectivity index (χ1v) is 3.87. The SMILES string of the molecule is NCC/C=N/Oc1ccccc1. The van der Waals surface area contributed by atoms with Gasteiger partial charge in [0, 0.05) is 6.21 Å². The van der Waals surface area contributed by atoms with E-state index in [9.17, 15) is 0 Å². The predicted molar refractivity (Wildman–Crippen MR) is 49.2 cm³/mol. The Bertz CT molecular complexity index is 234. The average Bonchev–Trinajstić information content (AvgIpc) is 2.14. The molecule has 3 heteroatoms. The Hall–Kier alpha value is -1.35. The Kier molecular flexibility index (Phi) is 3.88. The summed E-state index contributed by atoms with van der Waals surface area (Å²) >= 11 is 0. The van der Waals surface area contributed by atoms with Crippen molar-refractivity contribution in [3.63, 3.8) is 0 Å². The van der Waals surface area contributed by atoms with Gasteiger partial charge in [-0.25, -0.2) is 0 Å². The number of rotatable bonds is 4. The maximum absolute atomic E-state index is 5.26. The van der Waals surface area contributed by atoms with E-state index in [1.807, 2.05) is 30.3 Å². The average molecular weight is 164 g/mol. The summed E-state index contributed by atoms with van der Waals surface area (Å²) in [6.07, 6.45) is 2.40. The van der Waals surface area contributed by atoms with Crippen LogP contribution in [0.2, 0.25) is 0 Å². The van der Waals surface area contributed by atoms with Gasteiger partial charge in [0.25, 0.3) is 0 Å². The van der Waals surface area contributed by atoms with Gasteiger partial charge in [0.2, 0.25) is 0 Å². The molecule has 64 valence electrons. The van der Waals surface area contributed by atoms with Crippen LogP contribution in [0.15, 0.2) is 35.5 Å². The van der Waals surface area contributed by atoms with Gasteiger partial charge in [-0.2, -0.15) is 0 Å². The standard InChI is InChI=1S/C9H12N2O/c10-7-4-8-11-12-9-5-2-1-3-6-9/h1-3,5-6,8H,4,7,10H2/b11-8+. The van der Waals surface area contributed by atoms with E-state index in [4.69, 9.17) is 10.6 Å². The second-order valence-electron chi connectivity index (χ2n) is 2.27. The van der Waals surface area contributed by atoms with Gasteiger partial charge < -0.3 is 10.6 Å². The van der Waals surface area contributed by atoms with Crippen molar-refractivity contribution in [2.24, 2.45) is 10.9 Å². The van der Waals surface area contributed by atoms with E-state index in [1.165, 1.54) is 0 Å². The zero-order valence-corrected chi connectivity index (χ0v) is 6.81. The summed E-state index contributed by atoms with van der Waals surface area (Å²) < 4.78 is 0. The zero-order valence-electron chi connectivity index (χ0n) is 6.81. The highest BCUT2D eigenvalue weighted by molar-refractivity contribution is 5.56. The molecule has 0 aliphatic rings. The van der Waals surface area contributed by atoms with Crippen LogP contribution in [0.1, 0.15) is 6.42 Å². The Morgan fingerprint density at radius 3 is 2.75 bits per heavy atom. The fourth-order valence-electron chi connectivity index (χ4n) is 0.707. The quantitative estimate of drug-likeness (QED) is 0.540. The van der Waals surface area contributed by atoms with Gasteiger partial charge in [0.05, 0.1) is 0 Å². The topological polar surface area (TPSA) is 47.6 Å². The molecule has 0 aromatic heterocycles. The summed E-state index contributed by atoms with van der Waals surface area (Å²) in [5.41, 5.74) is 5.26. The molecule has 0 saturated heterocycles. The van der Waals surface area contributed by atoms with Crippen LogP contribution in [0.4, 0.5) is 0 Å². The van der Waals surface area contributed by atoms with Crippen molar-refractivity contribution in [3.8, 4) is 5.75 Å². The fraction of sp³-hybridized carbons (Fsp3) is 0.222. The number of oxime groups is 1. The highest BCUT2D eigenvalue weighted by atomic mass is 16.6. The molecule has 2 N–H and O–H groups in total. The molecule has 0 amide bonds. The van der Waals surface area contributed by atoms with Crippen molar-refractivity contribution in [3.05, 3.63) is 30.3 Å². The van der Waals surface area contributed by atoms with Crippen molar-refractivity contribution in [2.45, 2.75) is 6.42 Å². The molecule has 0 spiro atoms. The molecule has 1 aromatic rings. The molecule has 0 saturated carbocycles. The summed E-state index contributed by atoms with van der Waals surface area (Å²) in [4.78, 5) is 5.02. The fourth-order valence-corrected chi connectivity index (χ4v) is 0.707. The molecule has 1 aromatic carbocycles. The molecule has 1 rings (SSSR count). The molecule has 0 radical (unpaired) electrons. The molecule has 0 aliphatic heterocycles. The van der Waals surface area contributed by atoms with E-state index < -0.39 is 0 Å². The Balaban J connectivity index is 2.33. The van der Waals surface area contributed by atoms with Crippen LogP contribution >= 0.6 is 0 Å². The molecular weight excluding hydrogens is 152 g/mol. The molecule has 3 nitrogen and oxygen atoms in total. The minimum absolute atomic E-state index is 0.599. The minimum atomic E-state index is 0.599. The molecule has 0 unspecified atom stereocenters. The number of para-hydroxylation sites is 1. The summed E-state index contributed by atoms with van der Waals surface area (Å²) in [7, 11) is 0. The molecule has 0 heterocycles. The van der Waals surface area contributed by atoms with Crippen molar-refractivity contribution in [2.75, 3.05) is 6.54 Å². The van der Waals surface area contributed by atoms with Crippen molar-refractivity contribution in [1.82, 2.24) is 0 Å². The van der Waals surface area contributed by atoms with Gasteiger partial charge in [0.15, 0.2) is 5.75 Å². The maximum Gasteiger partial charge on any atom is 0.157 e. The third-order valence-corrected chi connectivity index (χ3v) is 1.27. The van der Waals surface area contributed by atoms with Gasteiger partial charge in [-0.3, -0.25) is 0 Å². The molecule has 0 bridgehead atoms. The molecule has 12 heavy (non-hydrogen) atoms. The Labute approximate surface area is 71.8 Å². The third kappa shape index (κ3) is 3.16. The molecule has 0 atom stereocenters. The minimum Gasteiger partial charge on any atom is -0.357 e. The molecule has 0 aliphatic carbocycles. The summed E-state index contributed by atoms with van der Waals surface area (Å²) in [5.74, 6) is 0.741. The van der Waals surface area contributed by atoms with E-state index in [0.717, 1.165) is 12.2 Å². The maximum atomic E-state index is 5.26. The number of nitrogens with zero attached hydrogens (tertiary/aromatic N) is 1. The van der Waals surface area contributed by atoms with Gasteiger partial charge in [-0.1, -0.05) is 23.4 Å². The summed E-state index contributed by atoms with van der Waals surface area (Å²) in [6.45, 7) is 0.599. The van der Waals surface area contributed by atoms with Gasteiger partial charge in [0.1, 0.15) is 0 Å². The Morgan fingerprint density at radius 1 is 1.33 bits per heavy atom. The first kappa shape index (κ1) is 8.74. The van der Waals surface area contributed by atoms with Gasteiger partial charge in [-0.05, 0) is 25.1 Å². The van der Waals surface area contributed by atoms with E-state index in [-0.39, 0.29) is 0 Å². The smallest absolute Gasteiger partial charge is 0.157 e. The van der Waals surface area contributed by atoms with Crippen LogP contribution in [-0.2, 0) is 0 Å². The van der Waals surface area contributed by atoms with Gasteiger partial charge >= 0.3 is 0 Å². The Morgan fingerprint density at radius 2 is 2.08 bits per heavy atom. The lowest BCUT2D eigenvalue weighted by atomic mass is 10.3.